The Kier molecular flexibility index (Phi) is 6.75. The van der Waals surface area contributed by atoms with Gasteiger partial charge in [-0.2, -0.15) is 0 Å². The molecule has 1 fully saturated rings. The molecule has 2 heterocycles. The Morgan fingerprint density at radius 1 is 1.10 bits per heavy atom. The lowest BCUT2D eigenvalue weighted by Crippen LogP contribution is -2.38. The number of nitrogens with zero attached hydrogens (tertiary/aromatic N) is 2. The van der Waals surface area contributed by atoms with Crippen LogP contribution in [0.25, 0.3) is 0 Å². The molecule has 1 aliphatic heterocycles. The van der Waals surface area contributed by atoms with Crippen LogP contribution in [0.3, 0.4) is 0 Å². The minimum atomic E-state index is -0.0208. The number of piperidine rings is 1. The highest BCUT2D eigenvalue weighted by Gasteiger charge is 2.28. The van der Waals surface area contributed by atoms with E-state index in [1.54, 1.807) is 33.6 Å². The first-order valence-electron chi connectivity index (χ1n) is 9.96. The lowest BCUT2D eigenvalue weighted by atomic mass is 9.88. The van der Waals surface area contributed by atoms with Crippen LogP contribution in [0.15, 0.2) is 24.4 Å². The van der Waals surface area contributed by atoms with Crippen molar-refractivity contribution in [2.75, 3.05) is 34.4 Å². The van der Waals surface area contributed by atoms with Gasteiger partial charge < -0.3 is 14.2 Å². The van der Waals surface area contributed by atoms with Crippen molar-refractivity contribution < 1.29 is 19.0 Å². The van der Waals surface area contributed by atoms with E-state index in [1.165, 1.54) is 0 Å². The number of benzene rings is 1. The van der Waals surface area contributed by atoms with E-state index >= 15 is 0 Å². The molecule has 0 spiro atoms. The molecule has 0 amide bonds. The van der Waals surface area contributed by atoms with Gasteiger partial charge in [-0.25, -0.2) is 0 Å². The second-order valence-electron chi connectivity index (χ2n) is 7.57. The Morgan fingerprint density at radius 2 is 1.79 bits per heavy atom. The lowest BCUT2D eigenvalue weighted by molar-refractivity contribution is 0.0808. The Balaban J connectivity index is 1.75. The molecule has 1 saturated heterocycles. The van der Waals surface area contributed by atoms with E-state index in [9.17, 15) is 4.79 Å². The molecule has 0 aliphatic carbocycles. The molecule has 0 N–H and O–H groups in total. The first-order chi connectivity index (χ1) is 14.0. The van der Waals surface area contributed by atoms with Crippen LogP contribution in [-0.2, 0) is 6.54 Å². The van der Waals surface area contributed by atoms with E-state index in [1.807, 2.05) is 26.0 Å². The summed E-state index contributed by atoms with van der Waals surface area (Å²) >= 11 is 0. The largest absolute Gasteiger partial charge is 0.496 e. The molecular formula is C23H30N2O4. The zero-order chi connectivity index (χ0) is 21.0. The second-order valence-corrected chi connectivity index (χ2v) is 7.57. The van der Waals surface area contributed by atoms with Gasteiger partial charge in [0.15, 0.2) is 17.3 Å². The van der Waals surface area contributed by atoms with E-state index in [0.717, 1.165) is 47.5 Å². The average molecular weight is 399 g/mol. The maximum Gasteiger partial charge on any atom is 0.183 e. The fraction of sp³-hybridized carbons (Fsp3) is 0.478. The Morgan fingerprint density at radius 3 is 2.41 bits per heavy atom. The third-order valence-corrected chi connectivity index (χ3v) is 5.56. The third-order valence-electron chi connectivity index (χ3n) is 5.56. The lowest BCUT2D eigenvalue weighted by Gasteiger charge is -2.32. The van der Waals surface area contributed by atoms with Crippen LogP contribution in [0.2, 0.25) is 0 Å². The molecule has 1 unspecified atom stereocenters. The summed E-state index contributed by atoms with van der Waals surface area (Å²) < 4.78 is 16.3. The van der Waals surface area contributed by atoms with Crippen molar-refractivity contribution in [1.82, 2.24) is 9.88 Å². The Labute approximate surface area is 172 Å². The number of aromatic nitrogens is 1. The quantitative estimate of drug-likeness (QED) is 0.661. The molecule has 29 heavy (non-hydrogen) atoms. The van der Waals surface area contributed by atoms with Crippen LogP contribution in [-0.4, -0.2) is 50.1 Å². The van der Waals surface area contributed by atoms with Gasteiger partial charge in [0.05, 0.1) is 21.3 Å². The van der Waals surface area contributed by atoms with Crippen LogP contribution < -0.4 is 14.2 Å². The number of methoxy groups -OCH3 is 3. The van der Waals surface area contributed by atoms with Crippen molar-refractivity contribution in [3.63, 3.8) is 0 Å². The molecule has 156 valence electrons. The van der Waals surface area contributed by atoms with Gasteiger partial charge in [-0.3, -0.25) is 14.7 Å². The summed E-state index contributed by atoms with van der Waals surface area (Å²) in [6, 6.07) is 5.68. The van der Waals surface area contributed by atoms with Gasteiger partial charge in [0, 0.05) is 36.8 Å². The number of hydrogen-bond acceptors (Lipinski definition) is 6. The molecule has 6 nitrogen and oxygen atoms in total. The summed E-state index contributed by atoms with van der Waals surface area (Å²) in [6.07, 6.45) is 3.62. The van der Waals surface area contributed by atoms with Gasteiger partial charge in [-0.15, -0.1) is 0 Å². The number of carbonyl (C=O) groups is 1. The van der Waals surface area contributed by atoms with E-state index in [0.29, 0.717) is 24.6 Å². The number of pyridine rings is 1. The first kappa shape index (κ1) is 21.1. The normalized spacial score (nSPS) is 17.1. The minimum Gasteiger partial charge on any atom is -0.496 e. The fourth-order valence-corrected chi connectivity index (χ4v) is 4.24. The smallest absolute Gasteiger partial charge is 0.183 e. The zero-order valence-electron chi connectivity index (χ0n) is 17.9. The summed E-state index contributed by atoms with van der Waals surface area (Å²) in [5.74, 6) is 2.36. The SMILES string of the molecule is COc1ccnc(CN2CCCC(C(=O)c3cc(C)c(OC)c(C)c3)C2)c1OC. The Bertz CT molecular complexity index is 858. The number of likely N-dealkylation sites (tertiary alicyclic amines) is 1. The van der Waals surface area contributed by atoms with Crippen LogP contribution in [0.4, 0.5) is 0 Å². The summed E-state index contributed by atoms with van der Waals surface area (Å²) in [5.41, 5.74) is 3.59. The standard InChI is InChI=1S/C23H30N2O4/c1-15-11-18(12-16(2)22(15)28-4)21(26)17-7-6-10-25(13-17)14-19-23(29-5)20(27-3)8-9-24-19/h8-9,11-12,17H,6-7,10,13-14H2,1-5H3. The van der Waals surface area contributed by atoms with E-state index in [4.69, 9.17) is 14.2 Å². The molecule has 0 bridgehead atoms. The maximum absolute atomic E-state index is 13.2. The zero-order valence-corrected chi connectivity index (χ0v) is 17.9. The van der Waals surface area contributed by atoms with Crippen LogP contribution in [0.5, 0.6) is 17.2 Å². The second kappa shape index (κ2) is 9.27. The highest BCUT2D eigenvalue weighted by Crippen LogP contribution is 2.32. The number of rotatable bonds is 7. The number of ketones is 1. The summed E-state index contributed by atoms with van der Waals surface area (Å²) in [7, 11) is 4.91. The Hall–Kier alpha value is -2.60. The molecular weight excluding hydrogens is 368 g/mol. The first-order valence-corrected chi connectivity index (χ1v) is 9.96. The molecule has 2 aromatic rings. The van der Waals surface area contributed by atoms with Gasteiger partial charge in [0.1, 0.15) is 11.4 Å². The molecule has 0 saturated carbocycles. The number of Topliss-reactive ketones (excluding diaryl/α,β-unsaturated/α-hetero) is 1. The molecule has 1 aromatic heterocycles. The van der Waals surface area contributed by atoms with Crippen molar-refractivity contribution in [1.29, 1.82) is 0 Å². The highest BCUT2D eigenvalue weighted by molar-refractivity contribution is 5.98. The van der Waals surface area contributed by atoms with Crippen molar-refractivity contribution in [3.8, 4) is 17.2 Å². The summed E-state index contributed by atoms with van der Waals surface area (Å²) in [5, 5.41) is 0. The molecule has 6 heteroatoms. The van der Waals surface area contributed by atoms with Crippen molar-refractivity contribution in [3.05, 3.63) is 46.8 Å². The van der Waals surface area contributed by atoms with Gasteiger partial charge in [0.2, 0.25) is 0 Å². The molecule has 1 aliphatic rings. The van der Waals surface area contributed by atoms with Crippen LogP contribution in [0.1, 0.15) is 40.0 Å². The predicted octanol–water partition coefficient (Wildman–Crippen LogP) is 3.82. The van der Waals surface area contributed by atoms with E-state index in [2.05, 4.69) is 9.88 Å². The molecule has 1 aromatic carbocycles. The van der Waals surface area contributed by atoms with Gasteiger partial charge in [-0.05, 0) is 56.5 Å². The number of hydrogen-bond donors (Lipinski definition) is 0. The molecule has 3 rings (SSSR count). The van der Waals surface area contributed by atoms with Crippen LogP contribution >= 0.6 is 0 Å². The third kappa shape index (κ3) is 4.53. The van der Waals surface area contributed by atoms with Crippen molar-refractivity contribution in [2.24, 2.45) is 5.92 Å². The van der Waals surface area contributed by atoms with Crippen molar-refractivity contribution in [2.45, 2.75) is 33.2 Å². The van der Waals surface area contributed by atoms with Gasteiger partial charge in [-0.1, -0.05) is 0 Å². The minimum absolute atomic E-state index is 0.0208. The predicted molar refractivity (Wildman–Crippen MR) is 112 cm³/mol. The van der Waals surface area contributed by atoms with E-state index in [-0.39, 0.29) is 11.7 Å². The van der Waals surface area contributed by atoms with Crippen LogP contribution in [0, 0.1) is 19.8 Å². The molecule has 1 atom stereocenters. The van der Waals surface area contributed by atoms with Gasteiger partial charge in [0.25, 0.3) is 0 Å². The monoisotopic (exact) mass is 398 g/mol. The van der Waals surface area contributed by atoms with Crippen molar-refractivity contribution >= 4 is 5.78 Å². The van der Waals surface area contributed by atoms with Gasteiger partial charge >= 0.3 is 0 Å². The number of carbonyl (C=O) groups excluding carboxylic acids is 1. The average Bonchev–Trinajstić information content (AvgIpc) is 2.73. The number of aryl methyl sites for hydroxylation is 2. The summed E-state index contributed by atoms with van der Waals surface area (Å²) in [4.78, 5) is 20.0. The maximum atomic E-state index is 13.2. The summed E-state index contributed by atoms with van der Waals surface area (Å²) in [6.45, 7) is 6.25. The van der Waals surface area contributed by atoms with E-state index < -0.39 is 0 Å². The highest BCUT2D eigenvalue weighted by atomic mass is 16.5. The molecule has 0 radical (unpaired) electrons. The topological polar surface area (TPSA) is 60.9 Å². The number of ether oxygens (including phenoxy) is 3. The fourth-order valence-electron chi connectivity index (χ4n) is 4.24.